The van der Waals surface area contributed by atoms with Gasteiger partial charge in [-0.3, -0.25) is 9.78 Å². The van der Waals surface area contributed by atoms with Gasteiger partial charge in [0.25, 0.3) is 5.56 Å². The number of anilines is 2. The second-order valence-electron chi connectivity index (χ2n) is 4.16. The molecule has 15 heavy (non-hydrogen) atoms. The molecule has 1 fully saturated rings. The van der Waals surface area contributed by atoms with Crippen molar-refractivity contribution >= 4 is 11.6 Å². The number of rotatable bonds is 1. The first-order chi connectivity index (χ1) is 7.16. The predicted octanol–water partition coefficient (Wildman–Crippen LogP) is 0.588. The number of nitrogen functional groups attached to an aromatic ring is 1. The fraction of sp³-hybridized carbons (Fsp3) is 0.600. The van der Waals surface area contributed by atoms with Crippen molar-refractivity contribution in [3.8, 4) is 0 Å². The zero-order valence-electron chi connectivity index (χ0n) is 8.86. The summed E-state index contributed by atoms with van der Waals surface area (Å²) in [5.41, 5.74) is 5.33. The quantitative estimate of drug-likeness (QED) is 0.708. The number of nitrogens with two attached hydrogens (primary N) is 1. The van der Waals surface area contributed by atoms with Gasteiger partial charge in [-0.1, -0.05) is 6.92 Å². The predicted molar refractivity (Wildman–Crippen MR) is 59.9 cm³/mol. The van der Waals surface area contributed by atoms with E-state index in [-0.39, 0.29) is 11.2 Å². The summed E-state index contributed by atoms with van der Waals surface area (Å²) in [5.74, 6) is 1.41. The van der Waals surface area contributed by atoms with Crippen molar-refractivity contribution in [3.63, 3.8) is 0 Å². The molecule has 0 radical (unpaired) electrons. The number of aromatic amines is 1. The molecule has 0 aliphatic carbocycles. The molecule has 0 unspecified atom stereocenters. The summed E-state index contributed by atoms with van der Waals surface area (Å²) in [6, 6.07) is 0. The number of piperidine rings is 1. The Balaban J connectivity index is 2.16. The molecule has 1 aliphatic rings. The van der Waals surface area contributed by atoms with Gasteiger partial charge in [-0.2, -0.15) is 0 Å². The van der Waals surface area contributed by atoms with E-state index in [1.807, 2.05) is 0 Å². The van der Waals surface area contributed by atoms with Gasteiger partial charge in [0.1, 0.15) is 5.69 Å². The second-order valence-corrected chi connectivity index (χ2v) is 4.16. The largest absolute Gasteiger partial charge is 0.393 e. The Morgan fingerprint density at radius 1 is 1.53 bits per heavy atom. The number of hydrogen-bond donors (Lipinski definition) is 2. The SMILES string of the molecule is CC1CCN(c2ncc(N)c(=O)[nH]2)CC1. The van der Waals surface area contributed by atoms with Crippen LogP contribution in [-0.2, 0) is 0 Å². The van der Waals surface area contributed by atoms with Crippen LogP contribution in [0.3, 0.4) is 0 Å². The summed E-state index contributed by atoms with van der Waals surface area (Å²) in [7, 11) is 0. The lowest BCUT2D eigenvalue weighted by Gasteiger charge is -2.30. The number of nitrogens with zero attached hydrogens (tertiary/aromatic N) is 2. The molecule has 82 valence electrons. The zero-order valence-corrected chi connectivity index (χ0v) is 8.86. The van der Waals surface area contributed by atoms with E-state index < -0.39 is 0 Å². The Bertz CT molecular complexity index is 393. The highest BCUT2D eigenvalue weighted by Crippen LogP contribution is 2.18. The van der Waals surface area contributed by atoms with Crippen molar-refractivity contribution in [2.24, 2.45) is 5.92 Å². The molecule has 1 aliphatic heterocycles. The van der Waals surface area contributed by atoms with Crippen molar-refractivity contribution in [1.82, 2.24) is 9.97 Å². The van der Waals surface area contributed by atoms with Crippen molar-refractivity contribution in [2.45, 2.75) is 19.8 Å². The topological polar surface area (TPSA) is 75.0 Å². The molecule has 0 bridgehead atoms. The minimum Gasteiger partial charge on any atom is -0.393 e. The smallest absolute Gasteiger partial charge is 0.275 e. The van der Waals surface area contributed by atoms with Crippen LogP contribution < -0.4 is 16.2 Å². The molecule has 0 saturated carbocycles. The molecular formula is C10H16N4O. The summed E-state index contributed by atoms with van der Waals surface area (Å²) in [4.78, 5) is 20.2. The Labute approximate surface area is 88.3 Å². The first kappa shape index (κ1) is 10.0. The number of aromatic nitrogens is 2. The van der Waals surface area contributed by atoms with Gasteiger partial charge in [0, 0.05) is 13.1 Å². The maximum absolute atomic E-state index is 11.3. The fourth-order valence-corrected chi connectivity index (χ4v) is 1.78. The maximum Gasteiger partial charge on any atom is 0.275 e. The molecule has 2 heterocycles. The van der Waals surface area contributed by atoms with E-state index in [1.165, 1.54) is 6.20 Å². The summed E-state index contributed by atoms with van der Waals surface area (Å²) < 4.78 is 0. The van der Waals surface area contributed by atoms with Crippen molar-refractivity contribution in [3.05, 3.63) is 16.6 Å². The van der Waals surface area contributed by atoms with Gasteiger partial charge < -0.3 is 10.6 Å². The third-order valence-corrected chi connectivity index (χ3v) is 2.90. The Kier molecular flexibility index (Phi) is 2.62. The van der Waals surface area contributed by atoms with E-state index >= 15 is 0 Å². The first-order valence-corrected chi connectivity index (χ1v) is 5.26. The van der Waals surface area contributed by atoms with Crippen LogP contribution in [0.5, 0.6) is 0 Å². The van der Waals surface area contributed by atoms with Crippen molar-refractivity contribution in [2.75, 3.05) is 23.7 Å². The summed E-state index contributed by atoms with van der Waals surface area (Å²) in [5, 5.41) is 0. The number of H-pyrrole nitrogens is 1. The lowest BCUT2D eigenvalue weighted by Crippen LogP contribution is -2.35. The lowest BCUT2D eigenvalue weighted by molar-refractivity contribution is 0.434. The van der Waals surface area contributed by atoms with E-state index in [0.717, 1.165) is 31.8 Å². The van der Waals surface area contributed by atoms with E-state index in [9.17, 15) is 4.79 Å². The summed E-state index contributed by atoms with van der Waals surface area (Å²) in [6.07, 6.45) is 3.72. The molecule has 1 saturated heterocycles. The van der Waals surface area contributed by atoms with E-state index in [4.69, 9.17) is 5.73 Å². The van der Waals surface area contributed by atoms with Crippen molar-refractivity contribution in [1.29, 1.82) is 0 Å². The fourth-order valence-electron chi connectivity index (χ4n) is 1.78. The molecule has 0 amide bonds. The molecule has 5 nitrogen and oxygen atoms in total. The Morgan fingerprint density at radius 2 is 2.20 bits per heavy atom. The normalized spacial score (nSPS) is 18.1. The minimum absolute atomic E-state index is 0.170. The van der Waals surface area contributed by atoms with Crippen LogP contribution >= 0.6 is 0 Å². The van der Waals surface area contributed by atoms with Crippen LogP contribution in [0, 0.1) is 5.92 Å². The van der Waals surface area contributed by atoms with Gasteiger partial charge in [0.2, 0.25) is 5.95 Å². The van der Waals surface area contributed by atoms with Gasteiger partial charge in [0.15, 0.2) is 0 Å². The summed E-state index contributed by atoms with van der Waals surface area (Å²) >= 11 is 0. The van der Waals surface area contributed by atoms with Crippen LogP contribution in [0.2, 0.25) is 0 Å². The zero-order chi connectivity index (χ0) is 10.8. The molecule has 5 heteroatoms. The van der Waals surface area contributed by atoms with Gasteiger partial charge in [-0.05, 0) is 18.8 Å². The molecular weight excluding hydrogens is 192 g/mol. The molecule has 0 spiro atoms. The minimum atomic E-state index is -0.251. The average Bonchev–Trinajstić information content (AvgIpc) is 2.23. The number of nitrogens with one attached hydrogen (secondary N) is 1. The van der Waals surface area contributed by atoms with Crippen LogP contribution in [-0.4, -0.2) is 23.1 Å². The van der Waals surface area contributed by atoms with E-state index in [2.05, 4.69) is 21.8 Å². The van der Waals surface area contributed by atoms with Gasteiger partial charge in [-0.25, -0.2) is 4.98 Å². The molecule has 0 atom stereocenters. The second kappa shape index (κ2) is 3.92. The number of hydrogen-bond acceptors (Lipinski definition) is 4. The Hall–Kier alpha value is -1.52. The van der Waals surface area contributed by atoms with Gasteiger partial charge in [-0.15, -0.1) is 0 Å². The van der Waals surface area contributed by atoms with Crippen LogP contribution in [0.4, 0.5) is 11.6 Å². The molecule has 0 aromatic carbocycles. The van der Waals surface area contributed by atoms with E-state index in [1.54, 1.807) is 0 Å². The standard InChI is InChI=1S/C10H16N4O/c1-7-2-4-14(5-3-7)10-12-6-8(11)9(15)13-10/h6-7H,2-5,11H2,1H3,(H,12,13,15). The van der Waals surface area contributed by atoms with Crippen LogP contribution in [0.1, 0.15) is 19.8 Å². The Morgan fingerprint density at radius 3 is 2.80 bits per heavy atom. The van der Waals surface area contributed by atoms with Crippen molar-refractivity contribution < 1.29 is 0 Å². The average molecular weight is 208 g/mol. The lowest BCUT2D eigenvalue weighted by atomic mass is 10.00. The van der Waals surface area contributed by atoms with Gasteiger partial charge in [0.05, 0.1) is 6.20 Å². The van der Waals surface area contributed by atoms with Crippen LogP contribution in [0.25, 0.3) is 0 Å². The molecule has 1 aromatic heterocycles. The summed E-state index contributed by atoms with van der Waals surface area (Å²) in [6.45, 7) is 4.15. The molecule has 2 rings (SSSR count). The monoisotopic (exact) mass is 208 g/mol. The molecule has 1 aromatic rings. The molecule has 3 N–H and O–H groups in total. The van der Waals surface area contributed by atoms with Gasteiger partial charge >= 0.3 is 0 Å². The highest BCUT2D eigenvalue weighted by atomic mass is 16.1. The maximum atomic E-state index is 11.3. The highest BCUT2D eigenvalue weighted by Gasteiger charge is 2.17. The van der Waals surface area contributed by atoms with Crippen LogP contribution in [0.15, 0.2) is 11.0 Å². The van der Waals surface area contributed by atoms with E-state index in [0.29, 0.717) is 5.95 Å². The first-order valence-electron chi connectivity index (χ1n) is 5.26. The highest BCUT2D eigenvalue weighted by molar-refractivity contribution is 5.38. The third-order valence-electron chi connectivity index (χ3n) is 2.90. The third kappa shape index (κ3) is 2.11.